The van der Waals surface area contributed by atoms with Gasteiger partial charge in [0.05, 0.1) is 12.2 Å². The molecule has 16 heavy (non-hydrogen) atoms. The van der Waals surface area contributed by atoms with Crippen molar-refractivity contribution in [2.75, 3.05) is 7.11 Å². The monoisotopic (exact) mass is 218 g/mol. The van der Waals surface area contributed by atoms with Crippen molar-refractivity contribution in [3.8, 4) is 12.3 Å². The van der Waals surface area contributed by atoms with Crippen LogP contribution in [0.3, 0.4) is 0 Å². The van der Waals surface area contributed by atoms with Gasteiger partial charge in [0.1, 0.15) is 0 Å². The Morgan fingerprint density at radius 1 is 1.56 bits per heavy atom. The van der Waals surface area contributed by atoms with Crippen LogP contribution >= 0.6 is 0 Å². The van der Waals surface area contributed by atoms with Gasteiger partial charge in [-0.15, -0.1) is 6.42 Å². The number of hydrogen-bond acceptors (Lipinski definition) is 3. The van der Waals surface area contributed by atoms with E-state index in [1.54, 1.807) is 32.2 Å². The van der Waals surface area contributed by atoms with Crippen molar-refractivity contribution in [1.82, 2.24) is 0 Å². The highest BCUT2D eigenvalue weighted by molar-refractivity contribution is 5.89. The van der Waals surface area contributed by atoms with Crippen molar-refractivity contribution in [2.45, 2.75) is 19.6 Å². The fourth-order valence-corrected chi connectivity index (χ4v) is 1.22. The van der Waals surface area contributed by atoms with E-state index in [1.165, 1.54) is 0 Å². The molecule has 1 aromatic carbocycles. The van der Waals surface area contributed by atoms with Gasteiger partial charge in [-0.3, -0.25) is 0 Å². The summed E-state index contributed by atoms with van der Waals surface area (Å²) in [7, 11) is 1.60. The van der Waals surface area contributed by atoms with E-state index in [0.717, 1.165) is 5.56 Å². The average Bonchev–Trinajstić information content (AvgIpc) is 2.29. The lowest BCUT2D eigenvalue weighted by Gasteiger charge is -2.08. The van der Waals surface area contributed by atoms with Crippen LogP contribution in [0.5, 0.6) is 0 Å². The number of carbonyl (C=O) groups excluding carboxylic acids is 1. The van der Waals surface area contributed by atoms with Crippen molar-refractivity contribution in [2.24, 2.45) is 0 Å². The van der Waals surface area contributed by atoms with Crippen LogP contribution in [0.1, 0.15) is 22.8 Å². The summed E-state index contributed by atoms with van der Waals surface area (Å²) in [5, 5.41) is 0. The normalized spacial score (nSPS) is 11.6. The Morgan fingerprint density at radius 3 is 2.94 bits per heavy atom. The van der Waals surface area contributed by atoms with E-state index < -0.39 is 12.1 Å². The minimum absolute atomic E-state index is 0.414. The van der Waals surface area contributed by atoms with Gasteiger partial charge in [0.25, 0.3) is 0 Å². The average molecular weight is 218 g/mol. The van der Waals surface area contributed by atoms with Gasteiger partial charge in [-0.1, -0.05) is 18.1 Å². The van der Waals surface area contributed by atoms with E-state index in [2.05, 4.69) is 5.92 Å². The largest absolute Gasteiger partial charge is 0.446 e. The molecule has 0 spiro atoms. The summed E-state index contributed by atoms with van der Waals surface area (Å²) in [6.07, 6.45) is 4.61. The van der Waals surface area contributed by atoms with Crippen LogP contribution in [0.15, 0.2) is 24.3 Å². The first kappa shape index (κ1) is 12.3. The third-order valence-corrected chi connectivity index (χ3v) is 1.99. The van der Waals surface area contributed by atoms with Gasteiger partial charge in [-0.2, -0.15) is 0 Å². The lowest BCUT2D eigenvalue weighted by atomic mass is 10.1. The zero-order chi connectivity index (χ0) is 12.0. The second-order valence-corrected chi connectivity index (χ2v) is 3.35. The molecule has 0 fully saturated rings. The Bertz CT molecular complexity index is 404. The number of benzene rings is 1. The molecule has 0 N–H and O–H groups in total. The number of carbonyl (C=O) groups is 1. The van der Waals surface area contributed by atoms with Gasteiger partial charge in [0, 0.05) is 7.11 Å². The molecule has 1 aromatic rings. The Labute approximate surface area is 95.4 Å². The van der Waals surface area contributed by atoms with E-state index in [9.17, 15) is 4.79 Å². The van der Waals surface area contributed by atoms with Crippen molar-refractivity contribution < 1.29 is 14.3 Å². The maximum Gasteiger partial charge on any atom is 0.339 e. The van der Waals surface area contributed by atoms with Gasteiger partial charge in [-0.05, 0) is 24.6 Å². The SMILES string of the molecule is C#C[C@@H](C)OC(=O)c1cccc(COC)c1. The van der Waals surface area contributed by atoms with Crippen molar-refractivity contribution in [3.63, 3.8) is 0 Å². The lowest BCUT2D eigenvalue weighted by molar-refractivity contribution is 0.0438. The first-order valence-electron chi connectivity index (χ1n) is 4.92. The van der Waals surface area contributed by atoms with E-state index in [0.29, 0.717) is 12.2 Å². The zero-order valence-corrected chi connectivity index (χ0v) is 9.40. The van der Waals surface area contributed by atoms with E-state index in [1.807, 2.05) is 6.07 Å². The predicted octanol–water partition coefficient (Wildman–Crippen LogP) is 2.01. The van der Waals surface area contributed by atoms with Gasteiger partial charge in [-0.25, -0.2) is 4.79 Å². The highest BCUT2D eigenvalue weighted by Gasteiger charge is 2.10. The summed E-state index contributed by atoms with van der Waals surface area (Å²) in [5.41, 5.74) is 1.40. The molecule has 0 heterocycles. The molecule has 3 heteroatoms. The van der Waals surface area contributed by atoms with Crippen LogP contribution in [0.25, 0.3) is 0 Å². The van der Waals surface area contributed by atoms with E-state index in [4.69, 9.17) is 15.9 Å². The van der Waals surface area contributed by atoms with Gasteiger partial charge >= 0.3 is 5.97 Å². The van der Waals surface area contributed by atoms with Crippen LogP contribution in [-0.2, 0) is 16.1 Å². The minimum Gasteiger partial charge on any atom is -0.446 e. The standard InChI is InChI=1S/C13H14O3/c1-4-10(2)16-13(14)12-7-5-6-11(8-12)9-15-3/h1,5-8,10H,9H2,2-3H3/t10-/m1/s1. The first-order valence-corrected chi connectivity index (χ1v) is 4.92. The molecule has 0 unspecified atom stereocenters. The molecule has 0 bridgehead atoms. The molecule has 0 saturated heterocycles. The molecule has 0 amide bonds. The summed E-state index contributed by atoms with van der Waals surface area (Å²) in [6, 6.07) is 7.08. The minimum atomic E-state index is -0.515. The molecular formula is C13H14O3. The number of ether oxygens (including phenoxy) is 2. The molecule has 0 aromatic heterocycles. The predicted molar refractivity (Wildman–Crippen MR) is 60.9 cm³/mol. The molecule has 1 rings (SSSR count). The quantitative estimate of drug-likeness (QED) is 0.573. The molecule has 0 radical (unpaired) electrons. The maximum atomic E-state index is 11.6. The number of terminal acetylenes is 1. The number of esters is 1. The van der Waals surface area contributed by atoms with E-state index >= 15 is 0 Å². The number of methoxy groups -OCH3 is 1. The molecule has 0 aliphatic heterocycles. The third kappa shape index (κ3) is 3.41. The fraction of sp³-hybridized carbons (Fsp3) is 0.308. The summed E-state index contributed by atoms with van der Waals surface area (Å²) in [5.74, 6) is 1.92. The number of hydrogen-bond donors (Lipinski definition) is 0. The topological polar surface area (TPSA) is 35.5 Å². The molecule has 0 aliphatic rings. The third-order valence-electron chi connectivity index (χ3n) is 1.99. The Kier molecular flexibility index (Phi) is 4.56. The summed E-state index contributed by atoms with van der Waals surface area (Å²) < 4.78 is 9.98. The van der Waals surface area contributed by atoms with Crippen molar-refractivity contribution in [1.29, 1.82) is 0 Å². The van der Waals surface area contributed by atoms with Crippen molar-refractivity contribution >= 4 is 5.97 Å². The second-order valence-electron chi connectivity index (χ2n) is 3.35. The molecule has 84 valence electrons. The highest BCUT2D eigenvalue weighted by Crippen LogP contribution is 2.08. The zero-order valence-electron chi connectivity index (χ0n) is 9.40. The summed E-state index contributed by atoms with van der Waals surface area (Å²) in [6.45, 7) is 2.11. The maximum absolute atomic E-state index is 11.6. The molecule has 0 aliphatic carbocycles. The molecule has 0 saturated carbocycles. The number of rotatable bonds is 4. The Balaban J connectivity index is 2.76. The highest BCUT2D eigenvalue weighted by atomic mass is 16.5. The summed E-state index contributed by atoms with van der Waals surface area (Å²) >= 11 is 0. The van der Waals surface area contributed by atoms with Gasteiger partial charge in [0.15, 0.2) is 6.10 Å². The van der Waals surface area contributed by atoms with Crippen molar-refractivity contribution in [3.05, 3.63) is 35.4 Å². The summed E-state index contributed by atoms with van der Waals surface area (Å²) in [4.78, 5) is 11.6. The Hall–Kier alpha value is -1.79. The van der Waals surface area contributed by atoms with Crippen LogP contribution in [0, 0.1) is 12.3 Å². The molecule has 3 nitrogen and oxygen atoms in total. The van der Waals surface area contributed by atoms with Crippen LogP contribution in [-0.4, -0.2) is 19.2 Å². The smallest absolute Gasteiger partial charge is 0.339 e. The second kappa shape index (κ2) is 5.94. The van der Waals surface area contributed by atoms with Crippen LogP contribution in [0.4, 0.5) is 0 Å². The first-order chi connectivity index (χ1) is 7.67. The van der Waals surface area contributed by atoms with Gasteiger partial charge < -0.3 is 9.47 Å². The molecule has 1 atom stereocenters. The lowest BCUT2D eigenvalue weighted by Crippen LogP contribution is -2.13. The van der Waals surface area contributed by atoms with E-state index in [-0.39, 0.29) is 0 Å². The fourth-order valence-electron chi connectivity index (χ4n) is 1.22. The van der Waals surface area contributed by atoms with Crippen LogP contribution < -0.4 is 0 Å². The van der Waals surface area contributed by atoms with Crippen LogP contribution in [0.2, 0.25) is 0 Å². The Morgan fingerprint density at radius 2 is 2.31 bits per heavy atom. The van der Waals surface area contributed by atoms with Gasteiger partial charge in [0.2, 0.25) is 0 Å². The molecular weight excluding hydrogens is 204 g/mol.